The fourth-order valence-corrected chi connectivity index (χ4v) is 2.00. The Hall–Kier alpha value is -0.860. The minimum absolute atomic E-state index is 0.141. The van der Waals surface area contributed by atoms with E-state index in [-0.39, 0.29) is 12.1 Å². The smallest absolute Gasteiger partial charge is 0.269 e. The van der Waals surface area contributed by atoms with Crippen molar-refractivity contribution in [3.05, 3.63) is 20.5 Å². The fourth-order valence-electron chi connectivity index (χ4n) is 1.10. The number of rotatable bonds is 3. The van der Waals surface area contributed by atoms with Crippen LogP contribution in [0.2, 0.25) is 0 Å². The zero-order valence-electron chi connectivity index (χ0n) is 8.78. The second kappa shape index (κ2) is 5.46. The number of halogens is 1. The Kier molecular flexibility index (Phi) is 4.51. The molecule has 0 saturated heterocycles. The van der Waals surface area contributed by atoms with Crippen LogP contribution >= 0.6 is 27.7 Å². The van der Waals surface area contributed by atoms with Crippen LogP contribution in [0.4, 0.5) is 0 Å². The lowest BCUT2D eigenvalue weighted by Crippen LogP contribution is -2.37. The molecule has 0 radical (unpaired) electrons. The maximum Gasteiger partial charge on any atom is 0.269 e. The molecule has 0 aliphatic rings. The predicted molar refractivity (Wildman–Crippen MR) is 65.0 cm³/mol. The molecule has 1 aromatic rings. The average Bonchev–Trinajstić information content (AvgIpc) is 2.29. The number of aryl methyl sites for hydroxylation is 1. The molecular formula is C8H11BrN4O2S. The second-order valence-electron chi connectivity index (χ2n) is 2.96. The molecule has 0 fully saturated rings. The van der Waals surface area contributed by atoms with E-state index in [4.69, 9.17) is 5.84 Å². The zero-order valence-corrected chi connectivity index (χ0v) is 11.2. The lowest BCUT2D eigenvalue weighted by Gasteiger charge is -2.10. The number of nitrogens with zero attached hydrogens (tertiary/aromatic N) is 2. The van der Waals surface area contributed by atoms with Gasteiger partial charge in [0.25, 0.3) is 11.5 Å². The molecule has 0 unspecified atom stereocenters. The van der Waals surface area contributed by atoms with Crippen molar-refractivity contribution < 1.29 is 4.79 Å². The van der Waals surface area contributed by atoms with E-state index in [0.717, 1.165) is 0 Å². The highest BCUT2D eigenvalue weighted by Crippen LogP contribution is 2.15. The minimum Gasteiger partial charge on any atom is -0.293 e. The van der Waals surface area contributed by atoms with E-state index < -0.39 is 5.91 Å². The Labute approximate surface area is 105 Å². The molecule has 6 nitrogen and oxygen atoms in total. The Bertz CT molecular complexity index is 474. The summed E-state index contributed by atoms with van der Waals surface area (Å²) < 4.78 is 1.62. The summed E-state index contributed by atoms with van der Waals surface area (Å²) in [6.07, 6.45) is 1.78. The summed E-state index contributed by atoms with van der Waals surface area (Å²) >= 11 is 4.43. The van der Waals surface area contributed by atoms with Gasteiger partial charge in [-0.25, -0.2) is 10.8 Å². The topological polar surface area (TPSA) is 90.0 Å². The van der Waals surface area contributed by atoms with E-state index in [0.29, 0.717) is 15.3 Å². The third kappa shape index (κ3) is 2.63. The van der Waals surface area contributed by atoms with Gasteiger partial charge in [-0.3, -0.25) is 19.6 Å². The van der Waals surface area contributed by atoms with E-state index in [2.05, 4.69) is 20.9 Å². The van der Waals surface area contributed by atoms with Gasteiger partial charge in [0.05, 0.1) is 5.69 Å². The molecule has 3 N–H and O–H groups in total. The lowest BCUT2D eigenvalue weighted by molar-refractivity contribution is -0.121. The SMILES string of the molecule is CSc1nc(C)c(Br)c(=O)n1CC(=O)NN. The first kappa shape index (κ1) is 13.2. The van der Waals surface area contributed by atoms with Gasteiger partial charge < -0.3 is 0 Å². The van der Waals surface area contributed by atoms with Crippen LogP contribution in [-0.2, 0) is 11.3 Å². The Morgan fingerprint density at radius 3 is 2.81 bits per heavy atom. The van der Waals surface area contributed by atoms with E-state index in [1.54, 1.807) is 13.2 Å². The molecule has 1 heterocycles. The van der Waals surface area contributed by atoms with Crippen molar-refractivity contribution in [2.45, 2.75) is 18.6 Å². The molecule has 1 rings (SSSR count). The van der Waals surface area contributed by atoms with Crippen molar-refractivity contribution in [3.63, 3.8) is 0 Å². The summed E-state index contributed by atoms with van der Waals surface area (Å²) in [5.41, 5.74) is 2.28. The number of amides is 1. The monoisotopic (exact) mass is 306 g/mol. The minimum atomic E-state index is -0.449. The fraction of sp³-hybridized carbons (Fsp3) is 0.375. The Morgan fingerprint density at radius 1 is 1.69 bits per heavy atom. The van der Waals surface area contributed by atoms with Crippen molar-refractivity contribution in [1.29, 1.82) is 0 Å². The number of aromatic nitrogens is 2. The molecule has 0 saturated carbocycles. The van der Waals surface area contributed by atoms with E-state index in [1.165, 1.54) is 16.3 Å². The quantitative estimate of drug-likeness (QED) is 0.270. The van der Waals surface area contributed by atoms with Gasteiger partial charge in [-0.1, -0.05) is 11.8 Å². The number of nitrogens with two attached hydrogens (primary N) is 1. The highest BCUT2D eigenvalue weighted by Gasteiger charge is 2.13. The number of hydrogen-bond donors (Lipinski definition) is 2. The normalized spacial score (nSPS) is 10.2. The number of thioether (sulfide) groups is 1. The van der Waals surface area contributed by atoms with Crippen molar-refractivity contribution in [1.82, 2.24) is 15.0 Å². The molecule has 88 valence electrons. The molecular weight excluding hydrogens is 296 g/mol. The third-order valence-electron chi connectivity index (χ3n) is 1.89. The third-order valence-corrected chi connectivity index (χ3v) is 3.48. The summed E-state index contributed by atoms with van der Waals surface area (Å²) in [6, 6.07) is 0. The van der Waals surface area contributed by atoms with Crippen molar-refractivity contribution >= 4 is 33.6 Å². The van der Waals surface area contributed by atoms with Gasteiger partial charge in [0.1, 0.15) is 11.0 Å². The molecule has 0 aromatic carbocycles. The van der Waals surface area contributed by atoms with Crippen LogP contribution in [0.5, 0.6) is 0 Å². The maximum absolute atomic E-state index is 11.9. The summed E-state index contributed by atoms with van der Waals surface area (Å²) in [5.74, 6) is 4.53. The highest BCUT2D eigenvalue weighted by molar-refractivity contribution is 9.10. The molecule has 1 amide bonds. The molecule has 0 spiro atoms. The van der Waals surface area contributed by atoms with Gasteiger partial charge >= 0.3 is 0 Å². The van der Waals surface area contributed by atoms with E-state index >= 15 is 0 Å². The standard InChI is InChI=1S/C8H11BrN4O2S/c1-4-6(9)7(15)13(3-5(14)12-10)8(11-4)16-2/h3,10H2,1-2H3,(H,12,14). The Morgan fingerprint density at radius 2 is 2.31 bits per heavy atom. The molecule has 16 heavy (non-hydrogen) atoms. The first-order valence-corrected chi connectivity index (χ1v) is 6.33. The van der Waals surface area contributed by atoms with Crippen LogP contribution in [0.15, 0.2) is 14.4 Å². The van der Waals surface area contributed by atoms with Gasteiger partial charge in [-0.05, 0) is 29.1 Å². The van der Waals surface area contributed by atoms with Crippen LogP contribution in [-0.4, -0.2) is 21.7 Å². The highest BCUT2D eigenvalue weighted by atomic mass is 79.9. The zero-order chi connectivity index (χ0) is 12.3. The van der Waals surface area contributed by atoms with Gasteiger partial charge in [-0.15, -0.1) is 0 Å². The molecule has 8 heteroatoms. The molecule has 1 aromatic heterocycles. The van der Waals surface area contributed by atoms with E-state index in [1.807, 2.05) is 5.43 Å². The van der Waals surface area contributed by atoms with Crippen molar-refractivity contribution in [2.24, 2.45) is 5.84 Å². The van der Waals surface area contributed by atoms with Gasteiger partial charge in [-0.2, -0.15) is 0 Å². The van der Waals surface area contributed by atoms with Crippen LogP contribution in [0, 0.1) is 6.92 Å². The Balaban J connectivity index is 3.30. The maximum atomic E-state index is 11.9. The van der Waals surface area contributed by atoms with Crippen LogP contribution in [0.3, 0.4) is 0 Å². The summed E-state index contributed by atoms with van der Waals surface area (Å²) in [5, 5.41) is 0.481. The molecule has 0 atom stereocenters. The molecule has 0 bridgehead atoms. The number of carbonyl (C=O) groups is 1. The lowest BCUT2D eigenvalue weighted by atomic mass is 10.4. The average molecular weight is 307 g/mol. The first-order chi connectivity index (χ1) is 7.51. The van der Waals surface area contributed by atoms with Gasteiger partial charge in [0, 0.05) is 0 Å². The number of carbonyl (C=O) groups excluding carboxylic acids is 1. The molecule has 0 aliphatic heterocycles. The number of hydrogen-bond acceptors (Lipinski definition) is 5. The number of nitrogens with one attached hydrogen (secondary N) is 1. The first-order valence-electron chi connectivity index (χ1n) is 4.31. The van der Waals surface area contributed by atoms with Crippen LogP contribution in [0.1, 0.15) is 5.69 Å². The summed E-state index contributed by atoms with van der Waals surface area (Å²) in [4.78, 5) is 27.2. The van der Waals surface area contributed by atoms with Gasteiger partial charge in [0.2, 0.25) is 0 Å². The predicted octanol–water partition coefficient (Wildman–Crippen LogP) is 0.0260. The van der Waals surface area contributed by atoms with Crippen LogP contribution < -0.4 is 16.8 Å². The second-order valence-corrected chi connectivity index (χ2v) is 4.52. The van der Waals surface area contributed by atoms with Crippen molar-refractivity contribution in [2.75, 3.05) is 6.26 Å². The molecule has 0 aliphatic carbocycles. The number of hydrazine groups is 1. The summed E-state index contributed by atoms with van der Waals surface area (Å²) in [6.45, 7) is 1.58. The largest absolute Gasteiger partial charge is 0.293 e. The van der Waals surface area contributed by atoms with Crippen LogP contribution in [0.25, 0.3) is 0 Å². The van der Waals surface area contributed by atoms with Gasteiger partial charge in [0.15, 0.2) is 5.16 Å². The van der Waals surface area contributed by atoms with Crippen molar-refractivity contribution in [3.8, 4) is 0 Å². The van der Waals surface area contributed by atoms with E-state index in [9.17, 15) is 9.59 Å². The summed E-state index contributed by atoms with van der Waals surface area (Å²) in [7, 11) is 0.